The summed E-state index contributed by atoms with van der Waals surface area (Å²) in [6.07, 6.45) is 3.44. The van der Waals surface area contributed by atoms with Gasteiger partial charge in [0.15, 0.2) is 0 Å². The fourth-order valence-corrected chi connectivity index (χ4v) is 2.73. The molecule has 2 heterocycles. The maximum Gasteiger partial charge on any atom is 0.136 e. The number of carbonyl (C=O) groups excluding carboxylic acids is 1. The van der Waals surface area contributed by atoms with Gasteiger partial charge in [-0.25, -0.2) is 0 Å². The largest absolute Gasteiger partial charge is 0.378 e. The zero-order valence-corrected chi connectivity index (χ0v) is 10.3. The van der Waals surface area contributed by atoms with E-state index in [1.54, 1.807) is 0 Å². The van der Waals surface area contributed by atoms with E-state index in [0.717, 1.165) is 32.5 Å². The molecule has 16 heavy (non-hydrogen) atoms. The molecule has 2 aliphatic rings. The molecule has 0 aliphatic carbocycles. The van der Waals surface area contributed by atoms with Crippen LogP contribution in [0.2, 0.25) is 0 Å². The van der Waals surface area contributed by atoms with Crippen molar-refractivity contribution in [2.24, 2.45) is 11.8 Å². The first-order valence-electron chi connectivity index (χ1n) is 6.36. The minimum atomic E-state index is -0.129. The van der Waals surface area contributed by atoms with Gasteiger partial charge < -0.3 is 9.47 Å². The van der Waals surface area contributed by atoms with Crippen LogP contribution < -0.4 is 0 Å². The van der Waals surface area contributed by atoms with Gasteiger partial charge in [-0.15, -0.1) is 0 Å². The van der Waals surface area contributed by atoms with Crippen molar-refractivity contribution in [1.29, 1.82) is 0 Å². The average molecular weight is 226 g/mol. The lowest BCUT2D eigenvalue weighted by atomic mass is 9.81. The van der Waals surface area contributed by atoms with Crippen molar-refractivity contribution in [3.8, 4) is 0 Å². The third kappa shape index (κ3) is 2.64. The minimum Gasteiger partial charge on any atom is -0.378 e. The highest BCUT2D eigenvalue weighted by atomic mass is 16.6. The maximum absolute atomic E-state index is 12.1. The molecular formula is C13H22O3. The lowest BCUT2D eigenvalue weighted by Crippen LogP contribution is -2.42. The molecule has 3 nitrogen and oxygen atoms in total. The standard InChI is InChI=1S/C13H22O3/c1-10(2)7-12(14)11-3-5-16-13(8-11)4-6-15-9-13/h10-11H,3-9H2,1-2H3. The van der Waals surface area contributed by atoms with Gasteiger partial charge in [0, 0.05) is 32.0 Å². The van der Waals surface area contributed by atoms with E-state index in [4.69, 9.17) is 9.47 Å². The van der Waals surface area contributed by atoms with Crippen LogP contribution in [-0.4, -0.2) is 31.2 Å². The molecule has 2 unspecified atom stereocenters. The summed E-state index contributed by atoms with van der Waals surface area (Å²) < 4.78 is 11.2. The second-order valence-electron chi connectivity index (χ2n) is 5.59. The van der Waals surface area contributed by atoms with Crippen molar-refractivity contribution in [3.63, 3.8) is 0 Å². The van der Waals surface area contributed by atoms with Crippen LogP contribution in [0.5, 0.6) is 0 Å². The summed E-state index contributed by atoms with van der Waals surface area (Å²) in [4.78, 5) is 12.1. The molecule has 0 aromatic rings. The number of ketones is 1. The monoisotopic (exact) mass is 226 g/mol. The Morgan fingerprint density at radius 1 is 1.44 bits per heavy atom. The number of rotatable bonds is 3. The molecule has 0 aromatic heterocycles. The fourth-order valence-electron chi connectivity index (χ4n) is 2.73. The number of hydrogen-bond donors (Lipinski definition) is 0. The van der Waals surface area contributed by atoms with Gasteiger partial charge in [-0.05, 0) is 18.8 Å². The molecule has 0 aromatic carbocycles. The van der Waals surface area contributed by atoms with Crippen molar-refractivity contribution >= 4 is 5.78 Å². The summed E-state index contributed by atoms with van der Waals surface area (Å²) in [6, 6.07) is 0. The first-order valence-corrected chi connectivity index (χ1v) is 6.36. The molecule has 2 atom stereocenters. The Bertz CT molecular complexity index is 254. The molecule has 0 saturated carbocycles. The van der Waals surface area contributed by atoms with E-state index in [1.165, 1.54) is 0 Å². The van der Waals surface area contributed by atoms with Crippen molar-refractivity contribution < 1.29 is 14.3 Å². The molecule has 2 aliphatic heterocycles. The normalized spacial score (nSPS) is 34.8. The molecule has 0 bridgehead atoms. The van der Waals surface area contributed by atoms with Crippen LogP contribution in [0.15, 0.2) is 0 Å². The third-order valence-corrected chi connectivity index (χ3v) is 3.62. The van der Waals surface area contributed by atoms with E-state index in [-0.39, 0.29) is 11.5 Å². The molecule has 2 saturated heterocycles. The smallest absolute Gasteiger partial charge is 0.136 e. The first-order chi connectivity index (χ1) is 7.61. The van der Waals surface area contributed by atoms with Crippen molar-refractivity contribution in [2.75, 3.05) is 19.8 Å². The van der Waals surface area contributed by atoms with E-state index in [2.05, 4.69) is 13.8 Å². The summed E-state index contributed by atoms with van der Waals surface area (Å²) >= 11 is 0. The Kier molecular flexibility index (Phi) is 3.65. The summed E-state index contributed by atoms with van der Waals surface area (Å²) in [5.74, 6) is 1.09. The molecular weight excluding hydrogens is 204 g/mol. The van der Waals surface area contributed by atoms with E-state index in [0.29, 0.717) is 24.7 Å². The summed E-state index contributed by atoms with van der Waals surface area (Å²) in [7, 11) is 0. The molecule has 0 radical (unpaired) electrons. The van der Waals surface area contributed by atoms with Gasteiger partial charge in [0.2, 0.25) is 0 Å². The fraction of sp³-hybridized carbons (Fsp3) is 0.923. The number of Topliss-reactive ketones (excluding diaryl/α,β-unsaturated/α-hetero) is 1. The Morgan fingerprint density at radius 3 is 2.88 bits per heavy atom. The summed E-state index contributed by atoms with van der Waals surface area (Å²) in [5.41, 5.74) is -0.129. The Hall–Kier alpha value is -0.410. The summed E-state index contributed by atoms with van der Waals surface area (Å²) in [6.45, 7) is 6.39. The van der Waals surface area contributed by atoms with Gasteiger partial charge in [0.05, 0.1) is 12.2 Å². The second kappa shape index (κ2) is 4.84. The van der Waals surface area contributed by atoms with Crippen molar-refractivity contribution in [3.05, 3.63) is 0 Å². The summed E-state index contributed by atoms with van der Waals surface area (Å²) in [5, 5.41) is 0. The van der Waals surface area contributed by atoms with E-state index >= 15 is 0 Å². The van der Waals surface area contributed by atoms with Crippen LogP contribution in [0.4, 0.5) is 0 Å². The zero-order valence-electron chi connectivity index (χ0n) is 10.3. The minimum absolute atomic E-state index is 0.129. The van der Waals surface area contributed by atoms with Gasteiger partial charge in [-0.2, -0.15) is 0 Å². The van der Waals surface area contributed by atoms with E-state index in [1.807, 2.05) is 0 Å². The van der Waals surface area contributed by atoms with E-state index in [9.17, 15) is 4.79 Å². The van der Waals surface area contributed by atoms with Crippen LogP contribution >= 0.6 is 0 Å². The highest BCUT2D eigenvalue weighted by Crippen LogP contribution is 2.36. The van der Waals surface area contributed by atoms with Crippen LogP contribution in [-0.2, 0) is 14.3 Å². The van der Waals surface area contributed by atoms with Gasteiger partial charge in [-0.1, -0.05) is 13.8 Å². The molecule has 2 rings (SSSR count). The van der Waals surface area contributed by atoms with Gasteiger partial charge in [-0.3, -0.25) is 4.79 Å². The van der Waals surface area contributed by atoms with Gasteiger partial charge >= 0.3 is 0 Å². The third-order valence-electron chi connectivity index (χ3n) is 3.62. The molecule has 2 fully saturated rings. The van der Waals surface area contributed by atoms with Crippen LogP contribution in [0, 0.1) is 11.8 Å². The SMILES string of the molecule is CC(C)CC(=O)C1CCOC2(CCOC2)C1. The lowest BCUT2D eigenvalue weighted by Gasteiger charge is -2.36. The number of ether oxygens (including phenoxy) is 2. The zero-order chi connectivity index (χ0) is 11.6. The first kappa shape index (κ1) is 12.1. The predicted octanol–water partition coefficient (Wildman–Crippen LogP) is 2.19. The lowest BCUT2D eigenvalue weighted by molar-refractivity contribution is -0.137. The molecule has 0 amide bonds. The van der Waals surface area contributed by atoms with Crippen molar-refractivity contribution in [1.82, 2.24) is 0 Å². The van der Waals surface area contributed by atoms with Gasteiger partial charge in [0.1, 0.15) is 5.78 Å². The highest BCUT2D eigenvalue weighted by molar-refractivity contribution is 5.81. The second-order valence-corrected chi connectivity index (χ2v) is 5.59. The average Bonchev–Trinajstić information content (AvgIpc) is 2.65. The molecule has 3 heteroatoms. The quantitative estimate of drug-likeness (QED) is 0.740. The maximum atomic E-state index is 12.1. The van der Waals surface area contributed by atoms with Crippen molar-refractivity contribution in [2.45, 2.75) is 45.1 Å². The Balaban J connectivity index is 1.93. The number of carbonyl (C=O) groups is 1. The molecule has 0 N–H and O–H groups in total. The molecule has 1 spiro atoms. The van der Waals surface area contributed by atoms with Crippen LogP contribution in [0.1, 0.15) is 39.5 Å². The topological polar surface area (TPSA) is 35.5 Å². The number of hydrogen-bond acceptors (Lipinski definition) is 3. The van der Waals surface area contributed by atoms with E-state index < -0.39 is 0 Å². The van der Waals surface area contributed by atoms with Crippen LogP contribution in [0.25, 0.3) is 0 Å². The molecule has 92 valence electrons. The van der Waals surface area contributed by atoms with Gasteiger partial charge in [0.25, 0.3) is 0 Å². The predicted molar refractivity (Wildman–Crippen MR) is 61.3 cm³/mol. The van der Waals surface area contributed by atoms with Crippen LogP contribution in [0.3, 0.4) is 0 Å². The Morgan fingerprint density at radius 2 is 2.25 bits per heavy atom. The highest BCUT2D eigenvalue weighted by Gasteiger charge is 2.42. The Labute approximate surface area is 97.5 Å².